The monoisotopic (exact) mass is 468 g/mol. The van der Waals surface area contributed by atoms with Crippen LogP contribution in [0.3, 0.4) is 0 Å². The molecule has 0 saturated carbocycles. The molecule has 138 valence electrons. The lowest BCUT2D eigenvalue weighted by Crippen LogP contribution is -2.40. The van der Waals surface area contributed by atoms with Crippen molar-refractivity contribution in [3.8, 4) is 5.75 Å². The van der Waals surface area contributed by atoms with Gasteiger partial charge in [0.15, 0.2) is 0 Å². The highest BCUT2D eigenvalue weighted by molar-refractivity contribution is 14.1. The summed E-state index contributed by atoms with van der Waals surface area (Å²) >= 11 is 1.97. The molecule has 0 bridgehead atoms. The first-order valence-corrected chi connectivity index (χ1v) is 9.33. The summed E-state index contributed by atoms with van der Waals surface area (Å²) in [6.07, 6.45) is 0.715. The molecular formula is C19H21IN2O4. The smallest absolute Gasteiger partial charge is 0.270 e. The molecule has 0 aliphatic heterocycles. The lowest BCUT2D eigenvalue weighted by Gasteiger charge is -2.28. The van der Waals surface area contributed by atoms with Gasteiger partial charge in [0.25, 0.3) is 11.6 Å². The van der Waals surface area contributed by atoms with Crippen molar-refractivity contribution in [3.63, 3.8) is 0 Å². The Morgan fingerprint density at radius 3 is 2.42 bits per heavy atom. The third-order valence-electron chi connectivity index (χ3n) is 4.22. The van der Waals surface area contributed by atoms with Crippen LogP contribution in [0.4, 0.5) is 5.69 Å². The van der Waals surface area contributed by atoms with Crippen LogP contribution in [-0.2, 0) is 6.42 Å². The van der Waals surface area contributed by atoms with Gasteiger partial charge < -0.3 is 9.64 Å². The van der Waals surface area contributed by atoms with Crippen molar-refractivity contribution in [3.05, 3.63) is 67.3 Å². The number of carbonyl (C=O) groups is 1. The molecule has 0 fully saturated rings. The second-order valence-corrected chi connectivity index (χ2v) is 7.08. The fourth-order valence-electron chi connectivity index (χ4n) is 2.81. The number of likely N-dealkylation sites (N-methyl/N-ethyl adjacent to an activating group) is 1. The minimum absolute atomic E-state index is 0.00751. The third-order valence-corrected chi connectivity index (χ3v) is 5.11. The van der Waals surface area contributed by atoms with Gasteiger partial charge in [-0.1, -0.05) is 12.1 Å². The fourth-order valence-corrected chi connectivity index (χ4v) is 3.54. The van der Waals surface area contributed by atoms with E-state index in [-0.39, 0.29) is 17.6 Å². The number of nitrogens with zero attached hydrogens (tertiary/aromatic N) is 2. The fraction of sp³-hybridized carbons (Fsp3) is 0.316. The van der Waals surface area contributed by atoms with Gasteiger partial charge >= 0.3 is 0 Å². The zero-order valence-electron chi connectivity index (χ0n) is 14.9. The van der Waals surface area contributed by atoms with Crippen molar-refractivity contribution < 1.29 is 14.5 Å². The van der Waals surface area contributed by atoms with Crippen molar-refractivity contribution in [2.24, 2.45) is 0 Å². The first-order valence-electron chi connectivity index (χ1n) is 8.25. The molecule has 2 aromatic rings. The Labute approximate surface area is 166 Å². The van der Waals surface area contributed by atoms with E-state index in [0.717, 1.165) is 11.3 Å². The van der Waals surface area contributed by atoms with Crippen LogP contribution in [0, 0.1) is 13.7 Å². The second kappa shape index (κ2) is 8.98. The minimum atomic E-state index is -0.458. The van der Waals surface area contributed by atoms with Crippen LogP contribution in [0.1, 0.15) is 29.8 Å². The summed E-state index contributed by atoms with van der Waals surface area (Å²) in [6, 6.07) is 12.1. The lowest BCUT2D eigenvalue weighted by atomic mass is 10.0. The topological polar surface area (TPSA) is 72.7 Å². The number of non-ortho nitro benzene ring substituents is 1. The maximum Gasteiger partial charge on any atom is 0.270 e. The van der Waals surface area contributed by atoms with Crippen LogP contribution in [0.15, 0.2) is 42.5 Å². The van der Waals surface area contributed by atoms with Crippen LogP contribution in [-0.4, -0.2) is 35.4 Å². The van der Waals surface area contributed by atoms with Gasteiger partial charge in [0.1, 0.15) is 5.75 Å². The highest BCUT2D eigenvalue weighted by atomic mass is 127. The minimum Gasteiger partial charge on any atom is -0.497 e. The lowest BCUT2D eigenvalue weighted by molar-refractivity contribution is -0.384. The van der Waals surface area contributed by atoms with Crippen LogP contribution < -0.4 is 4.74 Å². The van der Waals surface area contributed by atoms with Crippen molar-refractivity contribution in [2.45, 2.75) is 26.3 Å². The Hall–Kier alpha value is -2.16. The van der Waals surface area contributed by atoms with E-state index in [2.05, 4.69) is 0 Å². The van der Waals surface area contributed by atoms with Gasteiger partial charge in [-0.15, -0.1) is 0 Å². The zero-order valence-corrected chi connectivity index (χ0v) is 17.1. The second-order valence-electron chi connectivity index (χ2n) is 5.91. The number of benzene rings is 2. The van der Waals surface area contributed by atoms with Crippen molar-refractivity contribution in [1.29, 1.82) is 0 Å². The number of carbonyl (C=O) groups excluding carboxylic acids is 1. The van der Waals surface area contributed by atoms with Crippen molar-refractivity contribution in [1.82, 2.24) is 4.90 Å². The van der Waals surface area contributed by atoms with Gasteiger partial charge in [0.05, 0.1) is 17.6 Å². The summed E-state index contributed by atoms with van der Waals surface area (Å²) < 4.78 is 5.75. The molecule has 1 unspecified atom stereocenters. The van der Waals surface area contributed by atoms with E-state index < -0.39 is 4.92 Å². The van der Waals surface area contributed by atoms with E-state index in [9.17, 15) is 14.9 Å². The molecule has 0 aromatic heterocycles. The van der Waals surface area contributed by atoms with Crippen molar-refractivity contribution in [2.75, 3.05) is 13.7 Å². The van der Waals surface area contributed by atoms with Crippen LogP contribution in [0.5, 0.6) is 5.75 Å². The third kappa shape index (κ3) is 4.72. The summed E-state index contributed by atoms with van der Waals surface area (Å²) in [5, 5.41) is 10.9. The van der Waals surface area contributed by atoms with Gasteiger partial charge in [-0.25, -0.2) is 0 Å². The molecule has 0 N–H and O–H groups in total. The number of nitro benzene ring substituents is 1. The largest absolute Gasteiger partial charge is 0.497 e. The highest BCUT2D eigenvalue weighted by Gasteiger charge is 2.23. The first kappa shape index (κ1) is 20.2. The Bertz CT molecular complexity index is 793. The van der Waals surface area contributed by atoms with E-state index in [1.165, 1.54) is 18.2 Å². The summed E-state index contributed by atoms with van der Waals surface area (Å²) in [5.41, 5.74) is 1.59. The number of ether oxygens (including phenoxy) is 1. The number of amides is 1. The molecule has 0 aliphatic rings. The van der Waals surface area contributed by atoms with Gasteiger partial charge in [0.2, 0.25) is 0 Å². The Balaban J connectivity index is 2.17. The van der Waals surface area contributed by atoms with Crippen molar-refractivity contribution >= 4 is 34.2 Å². The zero-order chi connectivity index (χ0) is 19.3. The van der Waals surface area contributed by atoms with Crippen LogP contribution in [0.2, 0.25) is 0 Å². The summed E-state index contributed by atoms with van der Waals surface area (Å²) in [6.45, 7) is 4.49. The Kier molecular flexibility index (Phi) is 6.96. The molecule has 0 saturated heterocycles. The number of methoxy groups -OCH3 is 1. The summed E-state index contributed by atoms with van der Waals surface area (Å²) in [7, 11) is 1.63. The first-order chi connectivity index (χ1) is 12.4. The molecule has 2 rings (SSSR count). The van der Waals surface area contributed by atoms with Gasteiger partial charge in [0, 0.05) is 28.3 Å². The normalized spacial score (nSPS) is 11.7. The van der Waals surface area contributed by atoms with E-state index in [0.29, 0.717) is 22.1 Å². The number of halogens is 1. The average Bonchev–Trinajstić information content (AvgIpc) is 2.62. The van der Waals surface area contributed by atoms with Crippen LogP contribution in [0.25, 0.3) is 0 Å². The van der Waals surface area contributed by atoms with E-state index in [1.807, 2.05) is 60.7 Å². The molecular weight excluding hydrogens is 447 g/mol. The van der Waals surface area contributed by atoms with E-state index in [1.54, 1.807) is 12.0 Å². The summed E-state index contributed by atoms with van der Waals surface area (Å²) in [4.78, 5) is 25.1. The Morgan fingerprint density at radius 2 is 1.92 bits per heavy atom. The molecule has 0 radical (unpaired) electrons. The molecule has 1 atom stereocenters. The quantitative estimate of drug-likeness (QED) is 0.345. The van der Waals surface area contributed by atoms with Gasteiger partial charge in [-0.3, -0.25) is 14.9 Å². The molecule has 1 amide bonds. The maximum absolute atomic E-state index is 12.9. The molecule has 0 spiro atoms. The standard InChI is InChI=1S/C19H21IN2O4/c1-4-21(13(2)11-14-5-8-16(26-3)9-6-14)19(23)17-10-7-15(22(24)25)12-18(17)20/h5-10,12-13H,4,11H2,1-3H3. The highest BCUT2D eigenvalue weighted by Crippen LogP contribution is 2.22. The van der Waals surface area contributed by atoms with Crippen LogP contribution >= 0.6 is 22.6 Å². The van der Waals surface area contributed by atoms with Gasteiger partial charge in [-0.2, -0.15) is 0 Å². The Morgan fingerprint density at radius 1 is 1.27 bits per heavy atom. The molecule has 2 aromatic carbocycles. The van der Waals surface area contributed by atoms with E-state index in [4.69, 9.17) is 4.74 Å². The average molecular weight is 468 g/mol. The number of nitro groups is 1. The molecule has 0 aliphatic carbocycles. The SMILES string of the molecule is CCN(C(=O)c1ccc([N+](=O)[O-])cc1I)C(C)Cc1ccc(OC)cc1. The summed E-state index contributed by atoms with van der Waals surface area (Å²) in [5.74, 6) is 0.679. The number of hydrogen-bond acceptors (Lipinski definition) is 4. The molecule has 7 heteroatoms. The molecule has 0 heterocycles. The maximum atomic E-state index is 12.9. The predicted molar refractivity (Wildman–Crippen MR) is 109 cm³/mol. The van der Waals surface area contributed by atoms with Gasteiger partial charge in [-0.05, 0) is 66.6 Å². The number of rotatable bonds is 7. The molecule has 26 heavy (non-hydrogen) atoms. The number of hydrogen-bond donors (Lipinski definition) is 0. The predicted octanol–water partition coefficient (Wildman–Crippen LogP) is 4.30. The molecule has 6 nitrogen and oxygen atoms in total. The van der Waals surface area contributed by atoms with E-state index >= 15 is 0 Å².